The molecular weight excluding hydrogens is 308 g/mol. The van der Waals surface area contributed by atoms with Crippen LogP contribution in [0.15, 0.2) is 24.3 Å². The van der Waals surface area contributed by atoms with Crippen molar-refractivity contribution in [3.63, 3.8) is 0 Å². The summed E-state index contributed by atoms with van der Waals surface area (Å²) in [4.78, 5) is 28.2. The van der Waals surface area contributed by atoms with Gasteiger partial charge in [-0.2, -0.15) is 0 Å². The largest absolute Gasteiger partial charge is 0.383 e. The summed E-state index contributed by atoms with van der Waals surface area (Å²) < 4.78 is 4.90. The molecule has 132 valence electrons. The van der Waals surface area contributed by atoms with Crippen molar-refractivity contribution in [1.82, 2.24) is 15.1 Å². The molecule has 1 aliphatic rings. The summed E-state index contributed by atoms with van der Waals surface area (Å²) in [6, 6.07) is 7.40. The predicted octanol–water partition coefficient (Wildman–Crippen LogP) is -0.334. The van der Waals surface area contributed by atoms with Crippen LogP contribution >= 0.6 is 0 Å². The summed E-state index contributed by atoms with van der Waals surface area (Å²) in [5, 5.41) is 2.81. The van der Waals surface area contributed by atoms with Crippen molar-refractivity contribution in [3.8, 4) is 0 Å². The van der Waals surface area contributed by atoms with E-state index >= 15 is 0 Å². The first-order chi connectivity index (χ1) is 11.6. The third kappa shape index (κ3) is 5.30. The number of hydrogen-bond donors (Lipinski definition) is 2. The number of benzene rings is 1. The summed E-state index contributed by atoms with van der Waals surface area (Å²) in [7, 11) is 1.60. The van der Waals surface area contributed by atoms with Crippen molar-refractivity contribution in [2.75, 3.05) is 53.0 Å². The summed E-state index contributed by atoms with van der Waals surface area (Å²) in [5.74, 6) is 0.0203. The molecular formula is C17H26N4O3. The summed E-state index contributed by atoms with van der Waals surface area (Å²) >= 11 is 0. The van der Waals surface area contributed by atoms with Gasteiger partial charge in [-0.3, -0.25) is 14.5 Å². The van der Waals surface area contributed by atoms with Crippen LogP contribution in [0.4, 0.5) is 0 Å². The van der Waals surface area contributed by atoms with Gasteiger partial charge < -0.3 is 20.7 Å². The molecule has 7 heteroatoms. The van der Waals surface area contributed by atoms with Crippen LogP contribution in [0.2, 0.25) is 0 Å². The second-order valence-electron chi connectivity index (χ2n) is 5.81. The SMILES string of the molecule is COCCNC(=O)CN1CCN(C(=O)c2ccc(CN)cc2)CC1. The molecule has 1 saturated heterocycles. The van der Waals surface area contributed by atoms with Crippen LogP contribution in [-0.2, 0) is 16.1 Å². The molecule has 2 rings (SSSR count). The van der Waals surface area contributed by atoms with Gasteiger partial charge in [0.05, 0.1) is 13.2 Å². The Morgan fingerprint density at radius 3 is 2.42 bits per heavy atom. The quantitative estimate of drug-likeness (QED) is 0.667. The van der Waals surface area contributed by atoms with Gasteiger partial charge in [0.25, 0.3) is 5.91 Å². The topological polar surface area (TPSA) is 87.9 Å². The molecule has 2 amide bonds. The van der Waals surface area contributed by atoms with Crippen molar-refractivity contribution in [1.29, 1.82) is 0 Å². The first kappa shape index (κ1) is 18.4. The highest BCUT2D eigenvalue weighted by Crippen LogP contribution is 2.10. The molecule has 0 atom stereocenters. The Balaban J connectivity index is 1.77. The zero-order valence-corrected chi connectivity index (χ0v) is 14.2. The number of hydrogen-bond acceptors (Lipinski definition) is 5. The van der Waals surface area contributed by atoms with E-state index in [4.69, 9.17) is 10.5 Å². The van der Waals surface area contributed by atoms with Crippen molar-refractivity contribution in [2.45, 2.75) is 6.54 Å². The maximum Gasteiger partial charge on any atom is 0.253 e. The Kier molecular flexibility index (Phi) is 7.17. The molecule has 0 spiro atoms. The van der Waals surface area contributed by atoms with Gasteiger partial charge in [-0.1, -0.05) is 12.1 Å². The second-order valence-corrected chi connectivity index (χ2v) is 5.81. The molecule has 3 N–H and O–H groups in total. The molecule has 0 aliphatic carbocycles. The van der Waals surface area contributed by atoms with E-state index in [-0.39, 0.29) is 11.8 Å². The Morgan fingerprint density at radius 1 is 1.17 bits per heavy atom. The highest BCUT2D eigenvalue weighted by Gasteiger charge is 2.23. The standard InChI is InChI=1S/C17H26N4O3/c1-24-11-6-19-16(22)13-20-7-9-21(10-8-20)17(23)15-4-2-14(12-18)3-5-15/h2-5H,6-13,18H2,1H3,(H,19,22). The number of nitrogens with one attached hydrogen (secondary N) is 1. The predicted molar refractivity (Wildman–Crippen MR) is 91.6 cm³/mol. The molecule has 0 aromatic heterocycles. The first-order valence-corrected chi connectivity index (χ1v) is 8.20. The average Bonchev–Trinajstić information content (AvgIpc) is 2.62. The second kappa shape index (κ2) is 9.36. The van der Waals surface area contributed by atoms with E-state index in [0.29, 0.717) is 58.0 Å². The Bertz CT molecular complexity index is 539. The number of methoxy groups -OCH3 is 1. The van der Waals surface area contributed by atoms with Gasteiger partial charge in [-0.25, -0.2) is 0 Å². The Morgan fingerprint density at radius 2 is 1.83 bits per heavy atom. The fraction of sp³-hybridized carbons (Fsp3) is 0.529. The smallest absolute Gasteiger partial charge is 0.253 e. The highest BCUT2D eigenvalue weighted by molar-refractivity contribution is 5.94. The summed E-state index contributed by atoms with van der Waals surface area (Å²) in [6.07, 6.45) is 0. The lowest BCUT2D eigenvalue weighted by molar-refractivity contribution is -0.122. The van der Waals surface area contributed by atoms with Crippen molar-refractivity contribution in [2.24, 2.45) is 5.73 Å². The van der Waals surface area contributed by atoms with E-state index < -0.39 is 0 Å². The minimum atomic E-state index is -0.0100. The third-order valence-corrected chi connectivity index (χ3v) is 4.09. The van der Waals surface area contributed by atoms with Crippen molar-refractivity contribution >= 4 is 11.8 Å². The zero-order valence-electron chi connectivity index (χ0n) is 14.2. The molecule has 1 aliphatic heterocycles. The lowest BCUT2D eigenvalue weighted by Crippen LogP contribution is -2.51. The lowest BCUT2D eigenvalue weighted by atomic mass is 10.1. The van der Waals surface area contributed by atoms with E-state index in [0.717, 1.165) is 5.56 Å². The van der Waals surface area contributed by atoms with Crippen LogP contribution in [0.5, 0.6) is 0 Å². The molecule has 1 aromatic carbocycles. The lowest BCUT2D eigenvalue weighted by Gasteiger charge is -2.34. The van der Waals surface area contributed by atoms with Gasteiger partial charge >= 0.3 is 0 Å². The van der Waals surface area contributed by atoms with Crippen LogP contribution < -0.4 is 11.1 Å². The number of amides is 2. The zero-order chi connectivity index (χ0) is 17.4. The van der Waals surface area contributed by atoms with Gasteiger partial charge in [-0.15, -0.1) is 0 Å². The van der Waals surface area contributed by atoms with Gasteiger partial charge in [0.2, 0.25) is 5.91 Å². The fourth-order valence-electron chi connectivity index (χ4n) is 2.63. The van der Waals surface area contributed by atoms with E-state index in [2.05, 4.69) is 10.2 Å². The van der Waals surface area contributed by atoms with E-state index in [1.165, 1.54) is 0 Å². The van der Waals surface area contributed by atoms with Gasteiger partial charge in [0.1, 0.15) is 0 Å². The molecule has 0 unspecified atom stereocenters. The maximum absolute atomic E-state index is 12.5. The fourth-order valence-corrected chi connectivity index (χ4v) is 2.63. The van der Waals surface area contributed by atoms with Crippen molar-refractivity contribution in [3.05, 3.63) is 35.4 Å². The molecule has 0 saturated carbocycles. The highest BCUT2D eigenvalue weighted by atomic mass is 16.5. The number of nitrogens with two attached hydrogens (primary N) is 1. The molecule has 7 nitrogen and oxygen atoms in total. The normalized spacial score (nSPS) is 15.3. The molecule has 1 fully saturated rings. The molecule has 0 bridgehead atoms. The number of nitrogens with zero attached hydrogens (tertiary/aromatic N) is 2. The number of piperazine rings is 1. The average molecular weight is 334 g/mol. The summed E-state index contributed by atoms with van der Waals surface area (Å²) in [5.41, 5.74) is 7.26. The molecule has 0 radical (unpaired) electrons. The third-order valence-electron chi connectivity index (χ3n) is 4.09. The minimum absolute atomic E-state index is 0.0100. The number of carbonyl (C=O) groups excluding carboxylic acids is 2. The van der Waals surface area contributed by atoms with Crippen LogP contribution in [0.3, 0.4) is 0 Å². The van der Waals surface area contributed by atoms with Gasteiger partial charge in [0, 0.05) is 51.9 Å². The van der Waals surface area contributed by atoms with Gasteiger partial charge in [-0.05, 0) is 17.7 Å². The Hall–Kier alpha value is -1.96. The van der Waals surface area contributed by atoms with Crippen LogP contribution in [0, 0.1) is 0 Å². The Labute approximate surface area is 142 Å². The molecule has 24 heavy (non-hydrogen) atoms. The van der Waals surface area contributed by atoms with Gasteiger partial charge in [0.15, 0.2) is 0 Å². The molecule has 1 aromatic rings. The van der Waals surface area contributed by atoms with Crippen LogP contribution in [0.25, 0.3) is 0 Å². The van der Waals surface area contributed by atoms with Crippen molar-refractivity contribution < 1.29 is 14.3 Å². The maximum atomic E-state index is 12.5. The minimum Gasteiger partial charge on any atom is -0.383 e. The van der Waals surface area contributed by atoms with E-state index in [9.17, 15) is 9.59 Å². The number of ether oxygens (including phenoxy) is 1. The van der Waals surface area contributed by atoms with Crippen LogP contribution in [0.1, 0.15) is 15.9 Å². The first-order valence-electron chi connectivity index (χ1n) is 8.20. The number of rotatable bonds is 7. The molecule has 1 heterocycles. The monoisotopic (exact) mass is 334 g/mol. The van der Waals surface area contributed by atoms with E-state index in [1.54, 1.807) is 7.11 Å². The van der Waals surface area contributed by atoms with E-state index in [1.807, 2.05) is 29.2 Å². The van der Waals surface area contributed by atoms with Crippen LogP contribution in [-0.4, -0.2) is 74.6 Å². The number of carbonyl (C=O) groups is 2. The summed E-state index contributed by atoms with van der Waals surface area (Å²) in [6.45, 7) is 4.51.